The third kappa shape index (κ3) is 3.96. The summed E-state index contributed by atoms with van der Waals surface area (Å²) in [5.41, 5.74) is 4.72. The van der Waals surface area contributed by atoms with Crippen LogP contribution in [-0.2, 0) is 13.1 Å². The molecule has 2 amide bonds. The van der Waals surface area contributed by atoms with Gasteiger partial charge >= 0.3 is 0 Å². The van der Waals surface area contributed by atoms with Crippen LogP contribution in [0.25, 0.3) is 0 Å². The highest BCUT2D eigenvalue weighted by molar-refractivity contribution is 6.08. The second kappa shape index (κ2) is 8.59. The number of anilines is 2. The lowest BCUT2D eigenvalue weighted by Gasteiger charge is -2.22. The molecule has 6 nitrogen and oxygen atoms in total. The number of rotatable bonds is 3. The van der Waals surface area contributed by atoms with Gasteiger partial charge in [-0.2, -0.15) is 0 Å². The van der Waals surface area contributed by atoms with E-state index in [1.165, 1.54) is 12.1 Å². The van der Waals surface area contributed by atoms with Crippen LogP contribution in [0, 0.1) is 19.7 Å². The number of hydrogen-bond donors (Lipinski definition) is 1. The SMILES string of the molecule is Cc1ccc(F)cc1C(=O)Nc1ccc(C(=O)N2Cc3cccn3Cc3cccnc32)c(C)c1. The number of hydrogen-bond acceptors (Lipinski definition) is 3. The Hall–Kier alpha value is -4.26. The molecular formula is C27H23FN4O2. The predicted octanol–water partition coefficient (Wildman–Crippen LogP) is 5.10. The van der Waals surface area contributed by atoms with Crippen molar-refractivity contribution in [3.63, 3.8) is 0 Å². The summed E-state index contributed by atoms with van der Waals surface area (Å²) in [6, 6.07) is 17.1. The van der Waals surface area contributed by atoms with Crippen LogP contribution in [0.1, 0.15) is 43.1 Å². The number of pyridine rings is 1. The maximum Gasteiger partial charge on any atom is 0.260 e. The summed E-state index contributed by atoms with van der Waals surface area (Å²) in [5, 5.41) is 2.80. The maximum atomic E-state index is 13.7. The smallest absolute Gasteiger partial charge is 0.260 e. The van der Waals surface area contributed by atoms with Gasteiger partial charge in [0.15, 0.2) is 0 Å². The van der Waals surface area contributed by atoms with E-state index in [1.807, 2.05) is 37.4 Å². The minimum absolute atomic E-state index is 0.161. The first kappa shape index (κ1) is 21.6. The van der Waals surface area contributed by atoms with Gasteiger partial charge in [0.2, 0.25) is 0 Å². The fourth-order valence-electron chi connectivity index (χ4n) is 4.30. The summed E-state index contributed by atoms with van der Waals surface area (Å²) >= 11 is 0. The number of nitrogens with zero attached hydrogens (tertiary/aromatic N) is 3. The van der Waals surface area contributed by atoms with Crippen LogP contribution in [0.3, 0.4) is 0 Å². The highest BCUT2D eigenvalue weighted by Crippen LogP contribution is 2.28. The number of fused-ring (bicyclic) bond motifs is 2. The molecule has 0 atom stereocenters. The summed E-state index contributed by atoms with van der Waals surface area (Å²) < 4.78 is 15.7. The van der Waals surface area contributed by atoms with Gasteiger partial charge in [0, 0.05) is 40.5 Å². The summed E-state index contributed by atoms with van der Waals surface area (Å²) in [6.07, 6.45) is 3.70. The summed E-state index contributed by atoms with van der Waals surface area (Å²) in [4.78, 5) is 32.5. The number of halogens is 1. The fraction of sp³-hybridized carbons (Fsp3) is 0.148. The van der Waals surface area contributed by atoms with Crippen molar-refractivity contribution in [2.75, 3.05) is 10.2 Å². The van der Waals surface area contributed by atoms with E-state index >= 15 is 0 Å². The second-order valence-corrected chi connectivity index (χ2v) is 8.45. The molecule has 5 rings (SSSR count). The van der Waals surface area contributed by atoms with E-state index in [1.54, 1.807) is 42.3 Å². The van der Waals surface area contributed by atoms with Gasteiger partial charge in [-0.3, -0.25) is 14.5 Å². The number of carbonyl (C=O) groups is 2. The van der Waals surface area contributed by atoms with Crippen molar-refractivity contribution in [1.82, 2.24) is 9.55 Å². The van der Waals surface area contributed by atoms with Gasteiger partial charge in [0.25, 0.3) is 11.8 Å². The van der Waals surface area contributed by atoms with Gasteiger partial charge < -0.3 is 9.88 Å². The molecule has 34 heavy (non-hydrogen) atoms. The Balaban J connectivity index is 1.43. The lowest BCUT2D eigenvalue weighted by Crippen LogP contribution is -2.32. The van der Waals surface area contributed by atoms with Crippen molar-refractivity contribution in [2.45, 2.75) is 26.9 Å². The lowest BCUT2D eigenvalue weighted by atomic mass is 10.0. The first-order valence-electron chi connectivity index (χ1n) is 11.0. The van der Waals surface area contributed by atoms with Crippen molar-refractivity contribution in [3.05, 3.63) is 112 Å². The average Bonchev–Trinajstić information content (AvgIpc) is 3.19. The molecule has 0 saturated carbocycles. The number of benzene rings is 2. The zero-order valence-electron chi connectivity index (χ0n) is 18.9. The number of carbonyl (C=O) groups excluding carboxylic acids is 2. The molecule has 0 bridgehead atoms. The molecule has 4 aromatic rings. The zero-order chi connectivity index (χ0) is 23.8. The molecule has 0 spiro atoms. The summed E-state index contributed by atoms with van der Waals surface area (Å²) in [6.45, 7) is 4.65. The minimum atomic E-state index is -0.467. The average molecular weight is 455 g/mol. The molecule has 0 aliphatic carbocycles. The van der Waals surface area contributed by atoms with Crippen molar-refractivity contribution >= 4 is 23.3 Å². The van der Waals surface area contributed by atoms with Crippen molar-refractivity contribution in [2.24, 2.45) is 0 Å². The van der Waals surface area contributed by atoms with Crippen LogP contribution in [0.2, 0.25) is 0 Å². The third-order valence-electron chi connectivity index (χ3n) is 6.11. The predicted molar refractivity (Wildman–Crippen MR) is 129 cm³/mol. The molecule has 0 fully saturated rings. The lowest BCUT2D eigenvalue weighted by molar-refractivity contribution is 0.0982. The molecule has 0 saturated heterocycles. The molecule has 0 radical (unpaired) electrons. The van der Waals surface area contributed by atoms with E-state index < -0.39 is 11.7 Å². The Morgan fingerprint density at radius 2 is 1.79 bits per heavy atom. The van der Waals surface area contributed by atoms with E-state index in [4.69, 9.17) is 0 Å². The normalized spacial score (nSPS) is 12.5. The number of aromatic nitrogens is 2. The molecule has 0 unspecified atom stereocenters. The van der Waals surface area contributed by atoms with Crippen molar-refractivity contribution < 1.29 is 14.0 Å². The number of aryl methyl sites for hydroxylation is 2. The fourth-order valence-corrected chi connectivity index (χ4v) is 4.30. The largest absolute Gasteiger partial charge is 0.345 e. The van der Waals surface area contributed by atoms with Gasteiger partial charge in [-0.1, -0.05) is 12.1 Å². The van der Waals surface area contributed by atoms with Crippen LogP contribution < -0.4 is 10.2 Å². The van der Waals surface area contributed by atoms with E-state index in [0.29, 0.717) is 35.7 Å². The van der Waals surface area contributed by atoms with Crippen LogP contribution in [-0.4, -0.2) is 21.4 Å². The molecule has 170 valence electrons. The van der Waals surface area contributed by atoms with E-state index in [9.17, 15) is 14.0 Å². The molecule has 2 aromatic heterocycles. The summed E-state index contributed by atoms with van der Waals surface area (Å²) in [7, 11) is 0. The Morgan fingerprint density at radius 3 is 2.62 bits per heavy atom. The van der Waals surface area contributed by atoms with Crippen LogP contribution in [0.4, 0.5) is 15.9 Å². The molecule has 2 aromatic carbocycles. The van der Waals surface area contributed by atoms with Gasteiger partial charge in [0.05, 0.1) is 13.1 Å². The van der Waals surface area contributed by atoms with Gasteiger partial charge in [-0.15, -0.1) is 0 Å². The van der Waals surface area contributed by atoms with Gasteiger partial charge in [0.1, 0.15) is 11.6 Å². The van der Waals surface area contributed by atoms with Gasteiger partial charge in [-0.05, 0) is 73.5 Å². The Labute approximate surface area is 196 Å². The Bertz CT molecular complexity index is 1430. The minimum Gasteiger partial charge on any atom is -0.345 e. The van der Waals surface area contributed by atoms with Crippen LogP contribution in [0.15, 0.2) is 73.1 Å². The van der Waals surface area contributed by atoms with E-state index in [-0.39, 0.29) is 11.5 Å². The van der Waals surface area contributed by atoms with Gasteiger partial charge in [-0.25, -0.2) is 9.37 Å². The van der Waals surface area contributed by atoms with Crippen LogP contribution >= 0.6 is 0 Å². The summed E-state index contributed by atoms with van der Waals surface area (Å²) in [5.74, 6) is -0.382. The quantitative estimate of drug-likeness (QED) is 0.468. The number of amides is 2. The van der Waals surface area contributed by atoms with Crippen molar-refractivity contribution in [1.29, 1.82) is 0 Å². The zero-order valence-corrected chi connectivity index (χ0v) is 18.9. The van der Waals surface area contributed by atoms with Crippen molar-refractivity contribution in [3.8, 4) is 0 Å². The number of nitrogens with one attached hydrogen (secondary N) is 1. The first-order chi connectivity index (χ1) is 16.4. The molecule has 7 heteroatoms. The molecule has 1 aliphatic heterocycles. The third-order valence-corrected chi connectivity index (χ3v) is 6.11. The molecule has 1 N–H and O–H groups in total. The first-order valence-corrected chi connectivity index (χ1v) is 11.0. The highest BCUT2D eigenvalue weighted by Gasteiger charge is 2.27. The monoisotopic (exact) mass is 454 g/mol. The molecule has 1 aliphatic rings. The van der Waals surface area contributed by atoms with E-state index in [0.717, 1.165) is 16.8 Å². The second-order valence-electron chi connectivity index (χ2n) is 8.45. The molecule has 3 heterocycles. The van der Waals surface area contributed by atoms with Crippen LogP contribution in [0.5, 0.6) is 0 Å². The standard InChI is InChI=1S/C27H23FN4O2/c1-17-7-8-20(28)14-24(17)26(33)30-21-9-10-23(18(2)13-21)27(34)32-16-22-6-4-12-31(22)15-19-5-3-11-29-25(19)32/h3-14H,15-16H2,1-2H3,(H,30,33). The maximum absolute atomic E-state index is 13.7. The highest BCUT2D eigenvalue weighted by atomic mass is 19.1. The topological polar surface area (TPSA) is 67.2 Å². The molecular weight excluding hydrogens is 431 g/mol. The Morgan fingerprint density at radius 1 is 0.941 bits per heavy atom. The Kier molecular flexibility index (Phi) is 5.45. The van der Waals surface area contributed by atoms with E-state index in [2.05, 4.69) is 14.9 Å².